The van der Waals surface area contributed by atoms with Crippen LogP contribution in [0.15, 0.2) is 0 Å². The fraction of sp³-hybridized carbons (Fsp3) is 0. The highest BCUT2D eigenvalue weighted by Gasteiger charge is 2.10. The molecule has 0 atom stereocenters. The number of nitrogens with zero attached hydrogens (tertiary/aromatic N) is 2. The first kappa shape index (κ1) is 9.94. The maximum Gasteiger partial charge on any atom is 0.255 e. The zero-order valence-electron chi connectivity index (χ0n) is 6.87. The molecular formula is C6H6N6OS. The van der Waals surface area contributed by atoms with E-state index in [9.17, 15) is 4.79 Å². The first-order chi connectivity index (χ1) is 6.56. The Morgan fingerprint density at radius 3 is 2.79 bits per heavy atom. The Labute approximate surface area is 83.7 Å². The molecule has 1 aromatic rings. The van der Waals surface area contributed by atoms with Gasteiger partial charge in [0, 0.05) is 0 Å². The van der Waals surface area contributed by atoms with Gasteiger partial charge in [0.15, 0.2) is 6.19 Å². The topological polar surface area (TPSA) is 134 Å². The minimum Gasteiger partial charge on any atom is -0.384 e. The number of hydrogen-bond acceptors (Lipinski definition) is 6. The van der Waals surface area contributed by atoms with E-state index in [0.717, 1.165) is 0 Å². The van der Waals surface area contributed by atoms with Crippen molar-refractivity contribution >= 4 is 29.9 Å². The monoisotopic (exact) mass is 210 g/mol. The summed E-state index contributed by atoms with van der Waals surface area (Å²) in [6.45, 7) is 0. The third-order valence-corrected chi connectivity index (χ3v) is 1.67. The van der Waals surface area contributed by atoms with Crippen LogP contribution in [-0.2, 0) is 0 Å². The summed E-state index contributed by atoms with van der Waals surface area (Å²) in [5.74, 6) is -0.713. The van der Waals surface area contributed by atoms with Crippen molar-refractivity contribution < 1.29 is 4.79 Å². The summed E-state index contributed by atoms with van der Waals surface area (Å²) >= 11 is 4.76. The predicted molar refractivity (Wildman–Crippen MR) is 51.6 cm³/mol. The van der Waals surface area contributed by atoms with Gasteiger partial charge in [-0.2, -0.15) is 5.26 Å². The molecule has 0 aromatic carbocycles. The van der Waals surface area contributed by atoms with Crippen LogP contribution in [0.4, 0.5) is 11.8 Å². The molecule has 72 valence electrons. The zero-order chi connectivity index (χ0) is 10.7. The Kier molecular flexibility index (Phi) is 2.64. The number of primary amides is 1. The van der Waals surface area contributed by atoms with Crippen molar-refractivity contribution in [1.82, 2.24) is 9.97 Å². The summed E-state index contributed by atoms with van der Waals surface area (Å²) in [5, 5.41) is 10.5. The lowest BCUT2D eigenvalue weighted by Gasteiger charge is -2.03. The lowest BCUT2D eigenvalue weighted by atomic mass is 10.3. The normalized spacial score (nSPS) is 9.07. The summed E-state index contributed by atoms with van der Waals surface area (Å²) in [4.78, 5) is 17.0. The number of aromatic nitrogens is 2. The number of aromatic amines is 1. The number of rotatable bonds is 2. The number of nitrogens with one attached hydrogen (secondary N) is 2. The maximum atomic E-state index is 10.8. The minimum absolute atomic E-state index is 0.0183. The van der Waals surface area contributed by atoms with Crippen LogP contribution in [0.2, 0.25) is 0 Å². The van der Waals surface area contributed by atoms with Gasteiger partial charge in [-0.25, -0.2) is 4.98 Å². The number of carbonyl (C=O) groups excluding carboxylic acids is 1. The van der Waals surface area contributed by atoms with E-state index >= 15 is 0 Å². The van der Waals surface area contributed by atoms with Crippen molar-refractivity contribution in [2.45, 2.75) is 0 Å². The van der Waals surface area contributed by atoms with Crippen LogP contribution in [-0.4, -0.2) is 15.9 Å². The molecule has 14 heavy (non-hydrogen) atoms. The molecule has 1 aromatic heterocycles. The second-order valence-electron chi connectivity index (χ2n) is 2.28. The molecule has 1 rings (SSSR count). The molecule has 7 nitrogen and oxygen atoms in total. The first-order valence-corrected chi connectivity index (χ1v) is 3.81. The Morgan fingerprint density at radius 1 is 1.71 bits per heavy atom. The second-order valence-corrected chi connectivity index (χ2v) is 2.67. The zero-order valence-corrected chi connectivity index (χ0v) is 7.68. The van der Waals surface area contributed by atoms with E-state index in [-0.39, 0.29) is 22.0 Å². The van der Waals surface area contributed by atoms with E-state index in [4.69, 9.17) is 28.9 Å². The SMILES string of the molecule is N#CNc1nc(=S)c(C(N)=O)c(N)[nH]1. The quantitative estimate of drug-likeness (QED) is 0.301. The number of amides is 1. The summed E-state index contributed by atoms with van der Waals surface area (Å²) in [6.07, 6.45) is 1.63. The van der Waals surface area contributed by atoms with Gasteiger partial charge in [-0.05, 0) is 0 Å². The maximum absolute atomic E-state index is 10.8. The van der Waals surface area contributed by atoms with Crippen LogP contribution >= 0.6 is 12.2 Å². The fourth-order valence-corrected chi connectivity index (χ4v) is 1.14. The highest BCUT2D eigenvalue weighted by atomic mass is 32.1. The first-order valence-electron chi connectivity index (χ1n) is 3.41. The average molecular weight is 210 g/mol. The molecule has 0 aliphatic rings. The fourth-order valence-electron chi connectivity index (χ4n) is 0.841. The van der Waals surface area contributed by atoms with Crippen molar-refractivity contribution in [1.29, 1.82) is 5.26 Å². The van der Waals surface area contributed by atoms with Crippen LogP contribution in [0.3, 0.4) is 0 Å². The molecule has 0 saturated carbocycles. The number of nitriles is 1. The summed E-state index contributed by atoms with van der Waals surface area (Å²) < 4.78 is -0.0495. The number of hydrogen-bond donors (Lipinski definition) is 4. The average Bonchev–Trinajstić information content (AvgIpc) is 2.01. The Balaban J connectivity index is 3.34. The van der Waals surface area contributed by atoms with Crippen molar-refractivity contribution in [2.24, 2.45) is 5.73 Å². The van der Waals surface area contributed by atoms with Gasteiger partial charge < -0.3 is 16.5 Å². The van der Waals surface area contributed by atoms with Crippen molar-refractivity contribution in [3.63, 3.8) is 0 Å². The van der Waals surface area contributed by atoms with Gasteiger partial charge in [0.05, 0.1) is 0 Å². The highest BCUT2D eigenvalue weighted by Crippen LogP contribution is 2.11. The van der Waals surface area contributed by atoms with Crippen LogP contribution in [0, 0.1) is 16.1 Å². The molecule has 0 unspecified atom stereocenters. The number of H-pyrrole nitrogens is 1. The highest BCUT2D eigenvalue weighted by molar-refractivity contribution is 7.71. The molecule has 1 amide bonds. The molecule has 1 heterocycles. The summed E-state index contributed by atoms with van der Waals surface area (Å²) in [7, 11) is 0. The molecule has 8 heteroatoms. The van der Waals surface area contributed by atoms with E-state index in [2.05, 4.69) is 15.3 Å². The number of nitrogen functional groups attached to an aromatic ring is 1. The van der Waals surface area contributed by atoms with Gasteiger partial charge in [-0.15, -0.1) is 0 Å². The molecule has 0 radical (unpaired) electrons. The van der Waals surface area contributed by atoms with Gasteiger partial charge in [-0.1, -0.05) is 12.2 Å². The van der Waals surface area contributed by atoms with Crippen LogP contribution in [0.5, 0.6) is 0 Å². The molecular weight excluding hydrogens is 204 g/mol. The number of anilines is 2. The molecule has 0 saturated heterocycles. The molecule has 0 spiro atoms. The molecule has 0 fully saturated rings. The summed E-state index contributed by atoms with van der Waals surface area (Å²) in [6, 6.07) is 0. The van der Waals surface area contributed by atoms with Gasteiger partial charge in [0.25, 0.3) is 5.91 Å². The largest absolute Gasteiger partial charge is 0.384 e. The van der Waals surface area contributed by atoms with E-state index in [1.54, 1.807) is 6.19 Å². The van der Waals surface area contributed by atoms with E-state index in [1.165, 1.54) is 0 Å². The lowest BCUT2D eigenvalue weighted by molar-refractivity contribution is 0.1000. The lowest BCUT2D eigenvalue weighted by Crippen LogP contribution is -2.16. The standard InChI is InChI=1S/C6H6N6OS/c7-1-10-6-11-3(8)2(4(9)13)5(14)12-6/h(H2,9,13)(H4,8,10,11,12,14). The molecule has 0 aliphatic heterocycles. The van der Waals surface area contributed by atoms with Crippen molar-refractivity contribution in [3.8, 4) is 6.19 Å². The van der Waals surface area contributed by atoms with E-state index in [0.29, 0.717) is 0 Å². The van der Waals surface area contributed by atoms with Crippen LogP contribution in [0.1, 0.15) is 10.4 Å². The van der Waals surface area contributed by atoms with Gasteiger partial charge >= 0.3 is 0 Å². The molecule has 0 aliphatic carbocycles. The Bertz CT molecular complexity index is 472. The Morgan fingerprint density at radius 2 is 2.36 bits per heavy atom. The van der Waals surface area contributed by atoms with Crippen LogP contribution < -0.4 is 16.8 Å². The van der Waals surface area contributed by atoms with Crippen LogP contribution in [0.25, 0.3) is 0 Å². The van der Waals surface area contributed by atoms with Gasteiger partial charge in [-0.3, -0.25) is 10.1 Å². The minimum atomic E-state index is -0.764. The van der Waals surface area contributed by atoms with Crippen molar-refractivity contribution in [3.05, 3.63) is 10.2 Å². The van der Waals surface area contributed by atoms with Gasteiger partial charge in [0.1, 0.15) is 16.0 Å². The third kappa shape index (κ3) is 1.78. The molecule has 6 N–H and O–H groups in total. The summed E-state index contributed by atoms with van der Waals surface area (Å²) in [5.41, 5.74) is 10.4. The van der Waals surface area contributed by atoms with E-state index < -0.39 is 5.91 Å². The smallest absolute Gasteiger partial charge is 0.255 e. The second kappa shape index (κ2) is 3.71. The van der Waals surface area contributed by atoms with Gasteiger partial charge in [0.2, 0.25) is 5.95 Å². The third-order valence-electron chi connectivity index (χ3n) is 1.37. The van der Waals surface area contributed by atoms with E-state index in [1.807, 2.05) is 0 Å². The number of carbonyl (C=O) groups is 1. The predicted octanol–water partition coefficient (Wildman–Crippen LogP) is -0.287. The van der Waals surface area contributed by atoms with Crippen molar-refractivity contribution in [2.75, 3.05) is 11.1 Å². The molecule has 0 bridgehead atoms. The number of nitrogens with two attached hydrogens (primary N) is 2. The Hall–Kier alpha value is -2.14.